The summed E-state index contributed by atoms with van der Waals surface area (Å²) in [5.41, 5.74) is 8.54. The quantitative estimate of drug-likeness (QED) is 0.802. The number of thiophene rings is 1. The average Bonchev–Trinajstić information content (AvgIpc) is 2.70. The van der Waals surface area contributed by atoms with E-state index in [4.69, 9.17) is 17.3 Å². The highest BCUT2D eigenvalue weighted by molar-refractivity contribution is 7.07. The summed E-state index contributed by atoms with van der Waals surface area (Å²) in [6.45, 7) is 0.747. The molecule has 4 heteroatoms. The van der Waals surface area contributed by atoms with Gasteiger partial charge < -0.3 is 11.1 Å². The van der Waals surface area contributed by atoms with E-state index in [1.165, 1.54) is 5.56 Å². The molecule has 2 rings (SSSR count). The predicted molar refractivity (Wildman–Crippen MR) is 67.5 cm³/mol. The van der Waals surface area contributed by atoms with Gasteiger partial charge >= 0.3 is 0 Å². The van der Waals surface area contributed by atoms with Gasteiger partial charge in [-0.3, -0.25) is 0 Å². The number of hydrogen-bond acceptors (Lipinski definition) is 3. The molecule has 0 aliphatic heterocycles. The van der Waals surface area contributed by atoms with E-state index in [0.29, 0.717) is 10.7 Å². The zero-order valence-corrected chi connectivity index (χ0v) is 9.61. The van der Waals surface area contributed by atoms with Crippen LogP contribution in [0.3, 0.4) is 0 Å². The smallest absolute Gasteiger partial charge is 0.0765 e. The van der Waals surface area contributed by atoms with E-state index in [2.05, 4.69) is 16.8 Å². The van der Waals surface area contributed by atoms with Crippen molar-refractivity contribution < 1.29 is 0 Å². The van der Waals surface area contributed by atoms with E-state index in [1.54, 1.807) is 11.3 Å². The molecular weight excluding hydrogens is 228 g/mol. The Morgan fingerprint density at radius 1 is 1.33 bits per heavy atom. The molecule has 15 heavy (non-hydrogen) atoms. The molecule has 0 saturated heterocycles. The van der Waals surface area contributed by atoms with Gasteiger partial charge in [-0.05, 0) is 34.5 Å². The van der Waals surface area contributed by atoms with Crippen LogP contribution in [0, 0.1) is 0 Å². The highest BCUT2D eigenvalue weighted by Gasteiger charge is 2.03. The molecule has 1 aromatic heterocycles. The molecule has 0 radical (unpaired) electrons. The highest BCUT2D eigenvalue weighted by Crippen LogP contribution is 2.28. The van der Waals surface area contributed by atoms with Gasteiger partial charge in [0, 0.05) is 6.54 Å². The zero-order chi connectivity index (χ0) is 10.7. The summed E-state index contributed by atoms with van der Waals surface area (Å²) in [6.07, 6.45) is 0. The second-order valence-electron chi connectivity index (χ2n) is 3.19. The molecule has 1 aromatic carbocycles. The van der Waals surface area contributed by atoms with Crippen LogP contribution in [0.15, 0.2) is 35.0 Å². The maximum atomic E-state index is 6.03. The topological polar surface area (TPSA) is 38.0 Å². The van der Waals surface area contributed by atoms with Crippen molar-refractivity contribution in [3.63, 3.8) is 0 Å². The van der Waals surface area contributed by atoms with Crippen LogP contribution in [0.1, 0.15) is 5.56 Å². The third-order valence-electron chi connectivity index (χ3n) is 2.10. The summed E-state index contributed by atoms with van der Waals surface area (Å²) in [7, 11) is 0. The van der Waals surface area contributed by atoms with Crippen LogP contribution in [0.2, 0.25) is 5.02 Å². The minimum absolute atomic E-state index is 0.658. The lowest BCUT2D eigenvalue weighted by atomic mass is 10.2. The number of nitrogens with two attached hydrogens (primary N) is 1. The third kappa shape index (κ3) is 2.43. The predicted octanol–water partition coefficient (Wildman–Crippen LogP) is 3.60. The van der Waals surface area contributed by atoms with Crippen LogP contribution < -0.4 is 11.1 Å². The Bertz CT molecular complexity index is 420. The fourth-order valence-corrected chi connectivity index (χ4v) is 2.23. The Hall–Kier alpha value is -1.19. The Kier molecular flexibility index (Phi) is 3.14. The van der Waals surface area contributed by atoms with Crippen molar-refractivity contribution in [2.24, 2.45) is 0 Å². The first-order chi connectivity index (χ1) is 7.27. The minimum Gasteiger partial charge on any atom is -0.397 e. The summed E-state index contributed by atoms with van der Waals surface area (Å²) in [6, 6.07) is 7.58. The van der Waals surface area contributed by atoms with Gasteiger partial charge in [0.2, 0.25) is 0 Å². The van der Waals surface area contributed by atoms with Gasteiger partial charge in [-0.15, -0.1) is 0 Å². The summed E-state index contributed by atoms with van der Waals surface area (Å²) in [4.78, 5) is 0. The summed E-state index contributed by atoms with van der Waals surface area (Å²) in [5.74, 6) is 0. The molecule has 0 saturated carbocycles. The van der Waals surface area contributed by atoms with Crippen molar-refractivity contribution in [1.29, 1.82) is 0 Å². The number of anilines is 2. The molecule has 0 fully saturated rings. The van der Waals surface area contributed by atoms with E-state index >= 15 is 0 Å². The van der Waals surface area contributed by atoms with Crippen LogP contribution >= 0.6 is 22.9 Å². The average molecular weight is 239 g/mol. The molecule has 2 aromatic rings. The number of hydrogen-bond donors (Lipinski definition) is 2. The van der Waals surface area contributed by atoms with E-state index in [-0.39, 0.29) is 0 Å². The zero-order valence-electron chi connectivity index (χ0n) is 8.03. The standard InChI is InChI=1S/C11H11ClN2S/c12-9-2-1-3-10(13)11(9)14-6-8-4-5-15-7-8/h1-5,7,14H,6,13H2. The first-order valence-corrected chi connectivity index (χ1v) is 5.88. The fraction of sp³-hybridized carbons (Fsp3) is 0.0909. The van der Waals surface area contributed by atoms with Gasteiger partial charge in [0.15, 0.2) is 0 Å². The van der Waals surface area contributed by atoms with E-state index < -0.39 is 0 Å². The third-order valence-corrected chi connectivity index (χ3v) is 3.14. The number of halogens is 1. The van der Waals surface area contributed by atoms with Crippen molar-refractivity contribution in [2.75, 3.05) is 11.1 Å². The van der Waals surface area contributed by atoms with Crippen molar-refractivity contribution >= 4 is 34.3 Å². The first-order valence-electron chi connectivity index (χ1n) is 4.56. The van der Waals surface area contributed by atoms with Gasteiger partial charge in [-0.1, -0.05) is 17.7 Å². The second-order valence-corrected chi connectivity index (χ2v) is 4.38. The molecular formula is C11H11ClN2S. The molecule has 0 atom stereocenters. The number of rotatable bonds is 3. The molecule has 2 nitrogen and oxygen atoms in total. The molecule has 0 bridgehead atoms. The normalized spacial score (nSPS) is 10.2. The van der Waals surface area contributed by atoms with E-state index in [9.17, 15) is 0 Å². The number of benzene rings is 1. The molecule has 3 N–H and O–H groups in total. The monoisotopic (exact) mass is 238 g/mol. The maximum absolute atomic E-state index is 6.03. The number of nitrogen functional groups attached to an aromatic ring is 1. The minimum atomic E-state index is 0.658. The van der Waals surface area contributed by atoms with Crippen molar-refractivity contribution in [1.82, 2.24) is 0 Å². The molecule has 0 spiro atoms. The largest absolute Gasteiger partial charge is 0.397 e. The van der Waals surface area contributed by atoms with Crippen molar-refractivity contribution in [3.8, 4) is 0 Å². The summed E-state index contributed by atoms with van der Waals surface area (Å²) in [5, 5.41) is 8.04. The second kappa shape index (κ2) is 4.55. The Morgan fingerprint density at radius 3 is 2.87 bits per heavy atom. The lowest BCUT2D eigenvalue weighted by Crippen LogP contribution is -2.02. The van der Waals surface area contributed by atoms with Crippen LogP contribution in [0.5, 0.6) is 0 Å². The van der Waals surface area contributed by atoms with Gasteiger partial charge in [0.25, 0.3) is 0 Å². The maximum Gasteiger partial charge on any atom is 0.0765 e. The molecule has 0 amide bonds. The van der Waals surface area contributed by atoms with E-state index in [0.717, 1.165) is 12.2 Å². The van der Waals surface area contributed by atoms with Gasteiger partial charge in [0.1, 0.15) is 0 Å². The first kappa shape index (κ1) is 10.3. The molecule has 0 unspecified atom stereocenters. The Morgan fingerprint density at radius 2 is 2.20 bits per heavy atom. The van der Waals surface area contributed by atoms with Crippen LogP contribution in [0.4, 0.5) is 11.4 Å². The highest BCUT2D eigenvalue weighted by atomic mass is 35.5. The van der Waals surface area contributed by atoms with Gasteiger partial charge in [-0.25, -0.2) is 0 Å². The van der Waals surface area contributed by atoms with Crippen LogP contribution in [0.25, 0.3) is 0 Å². The number of nitrogens with one attached hydrogen (secondary N) is 1. The van der Waals surface area contributed by atoms with Crippen molar-refractivity contribution in [3.05, 3.63) is 45.6 Å². The Balaban J connectivity index is 2.11. The van der Waals surface area contributed by atoms with Crippen molar-refractivity contribution in [2.45, 2.75) is 6.54 Å². The summed E-state index contributed by atoms with van der Waals surface area (Å²) < 4.78 is 0. The lowest BCUT2D eigenvalue weighted by molar-refractivity contribution is 1.17. The Labute approximate surface area is 97.7 Å². The molecule has 78 valence electrons. The molecule has 0 aliphatic carbocycles. The lowest BCUT2D eigenvalue weighted by Gasteiger charge is -2.09. The number of para-hydroxylation sites is 1. The molecule has 1 heterocycles. The fourth-order valence-electron chi connectivity index (χ4n) is 1.31. The van der Waals surface area contributed by atoms with Crippen LogP contribution in [-0.2, 0) is 6.54 Å². The SMILES string of the molecule is Nc1cccc(Cl)c1NCc1ccsc1. The van der Waals surface area contributed by atoms with Gasteiger partial charge in [-0.2, -0.15) is 11.3 Å². The molecule has 0 aliphatic rings. The van der Waals surface area contributed by atoms with E-state index in [1.807, 2.05) is 23.6 Å². The summed E-state index contributed by atoms with van der Waals surface area (Å²) >= 11 is 7.71. The van der Waals surface area contributed by atoms with Gasteiger partial charge in [0.05, 0.1) is 16.4 Å². The van der Waals surface area contributed by atoms with Crippen LogP contribution in [-0.4, -0.2) is 0 Å².